The van der Waals surface area contributed by atoms with Gasteiger partial charge in [0.25, 0.3) is 0 Å². The Morgan fingerprint density at radius 1 is 0.833 bits per heavy atom. The molecule has 5 heteroatoms. The second kappa shape index (κ2) is 5.31. The van der Waals surface area contributed by atoms with E-state index in [2.05, 4.69) is 0 Å². The Kier molecular flexibility index (Phi) is 4.24. The highest BCUT2D eigenvalue weighted by Gasteiger charge is 2.31. The summed E-state index contributed by atoms with van der Waals surface area (Å²) in [6.07, 6.45) is -4.38. The molecule has 0 saturated carbocycles. The number of nitrogens with two attached hydrogens (primary N) is 1. The van der Waals surface area contributed by atoms with Gasteiger partial charge in [-0.1, -0.05) is 30.3 Å². The largest absolute Gasteiger partial charge is 0.416 e. The summed E-state index contributed by atoms with van der Waals surface area (Å²) >= 11 is 0. The topological polar surface area (TPSA) is 26.0 Å². The van der Waals surface area contributed by atoms with Gasteiger partial charge in [0.2, 0.25) is 0 Å². The molecule has 0 bridgehead atoms. The monoisotopic (exact) mass is 273 g/mol. The third-order valence-electron chi connectivity index (χ3n) is 2.39. The molecule has 0 atom stereocenters. The van der Waals surface area contributed by atoms with Gasteiger partial charge in [0.05, 0.1) is 5.56 Å². The Morgan fingerprint density at radius 3 is 2.00 bits per heavy atom. The average molecular weight is 274 g/mol. The van der Waals surface area contributed by atoms with Crippen molar-refractivity contribution in [2.24, 2.45) is 0 Å². The first-order valence-corrected chi connectivity index (χ1v) is 5.00. The van der Waals surface area contributed by atoms with Gasteiger partial charge >= 0.3 is 6.18 Å². The molecule has 2 rings (SSSR count). The molecule has 0 heterocycles. The van der Waals surface area contributed by atoms with Crippen molar-refractivity contribution in [1.82, 2.24) is 0 Å². The van der Waals surface area contributed by atoms with Gasteiger partial charge in [0.15, 0.2) is 0 Å². The summed E-state index contributed by atoms with van der Waals surface area (Å²) in [5, 5.41) is 0. The number of benzene rings is 2. The van der Waals surface area contributed by atoms with Crippen LogP contribution in [0.3, 0.4) is 0 Å². The zero-order chi connectivity index (χ0) is 12.5. The molecule has 18 heavy (non-hydrogen) atoms. The van der Waals surface area contributed by atoms with Crippen LogP contribution < -0.4 is 5.73 Å². The van der Waals surface area contributed by atoms with Crippen LogP contribution in [0, 0.1) is 0 Å². The highest BCUT2D eigenvalue weighted by molar-refractivity contribution is 5.85. The SMILES string of the molecule is Cl.Nc1cc(-c2ccccc2)cc(C(F)(F)F)c1. The molecule has 0 aliphatic rings. The van der Waals surface area contributed by atoms with Gasteiger partial charge in [-0.3, -0.25) is 0 Å². The molecule has 0 saturated heterocycles. The van der Waals surface area contributed by atoms with E-state index in [1.165, 1.54) is 6.07 Å². The maximum atomic E-state index is 12.6. The van der Waals surface area contributed by atoms with Gasteiger partial charge in [-0.15, -0.1) is 12.4 Å². The predicted octanol–water partition coefficient (Wildman–Crippen LogP) is 4.38. The fourth-order valence-electron chi connectivity index (χ4n) is 1.61. The summed E-state index contributed by atoms with van der Waals surface area (Å²) in [7, 11) is 0. The molecule has 1 nitrogen and oxygen atoms in total. The van der Waals surface area contributed by atoms with Crippen LogP contribution in [0.25, 0.3) is 11.1 Å². The third-order valence-corrected chi connectivity index (χ3v) is 2.39. The summed E-state index contributed by atoms with van der Waals surface area (Å²) in [6.45, 7) is 0. The summed E-state index contributed by atoms with van der Waals surface area (Å²) in [5.74, 6) is 0. The first kappa shape index (κ1) is 14.4. The highest BCUT2D eigenvalue weighted by Crippen LogP contribution is 2.33. The van der Waals surface area contributed by atoms with E-state index in [-0.39, 0.29) is 18.1 Å². The molecule has 2 aromatic carbocycles. The van der Waals surface area contributed by atoms with Gasteiger partial charge < -0.3 is 5.73 Å². The number of halogens is 4. The van der Waals surface area contributed by atoms with Crippen LogP contribution in [0.1, 0.15) is 5.56 Å². The van der Waals surface area contributed by atoms with Crippen LogP contribution in [0.4, 0.5) is 18.9 Å². The van der Waals surface area contributed by atoms with Crippen LogP contribution >= 0.6 is 12.4 Å². The first-order valence-electron chi connectivity index (χ1n) is 5.00. The van der Waals surface area contributed by atoms with E-state index in [1.807, 2.05) is 0 Å². The predicted molar refractivity (Wildman–Crippen MR) is 68.5 cm³/mol. The normalized spacial score (nSPS) is 10.8. The van der Waals surface area contributed by atoms with Gasteiger partial charge in [-0.05, 0) is 29.3 Å². The quantitative estimate of drug-likeness (QED) is 0.767. The summed E-state index contributed by atoms with van der Waals surface area (Å²) in [5.41, 5.74) is 6.06. The van der Waals surface area contributed by atoms with E-state index in [1.54, 1.807) is 30.3 Å². The van der Waals surface area contributed by atoms with Crippen molar-refractivity contribution >= 4 is 18.1 Å². The third kappa shape index (κ3) is 3.17. The smallest absolute Gasteiger partial charge is 0.399 e. The minimum atomic E-state index is -4.38. The van der Waals surface area contributed by atoms with Crippen molar-refractivity contribution in [3.05, 3.63) is 54.1 Å². The maximum Gasteiger partial charge on any atom is 0.416 e. The Balaban J connectivity index is 0.00000162. The molecule has 0 fully saturated rings. The highest BCUT2D eigenvalue weighted by atomic mass is 35.5. The van der Waals surface area contributed by atoms with Crippen LogP contribution in [0.15, 0.2) is 48.5 Å². The van der Waals surface area contributed by atoms with Crippen molar-refractivity contribution in [3.63, 3.8) is 0 Å². The molecule has 2 aromatic rings. The number of anilines is 1. The second-order valence-electron chi connectivity index (χ2n) is 3.71. The van der Waals surface area contributed by atoms with Crippen molar-refractivity contribution in [2.75, 3.05) is 5.73 Å². The second-order valence-corrected chi connectivity index (χ2v) is 3.71. The minimum Gasteiger partial charge on any atom is -0.399 e. The molecule has 0 aromatic heterocycles. The molecular formula is C13H11ClF3N. The van der Waals surface area contributed by atoms with Gasteiger partial charge in [0.1, 0.15) is 0 Å². The maximum absolute atomic E-state index is 12.6. The molecule has 0 aliphatic carbocycles. The molecule has 0 radical (unpaired) electrons. The molecular weight excluding hydrogens is 263 g/mol. The van der Waals surface area contributed by atoms with Crippen molar-refractivity contribution < 1.29 is 13.2 Å². The van der Waals surface area contributed by atoms with Crippen LogP contribution in [-0.2, 0) is 6.18 Å². The minimum absolute atomic E-state index is 0. The van der Waals surface area contributed by atoms with Crippen molar-refractivity contribution in [2.45, 2.75) is 6.18 Å². The fraction of sp³-hybridized carbons (Fsp3) is 0.0769. The summed E-state index contributed by atoms with van der Waals surface area (Å²) in [4.78, 5) is 0. The number of nitrogen functional groups attached to an aromatic ring is 1. The number of hydrogen-bond acceptors (Lipinski definition) is 1. The van der Waals surface area contributed by atoms with Gasteiger partial charge in [0, 0.05) is 5.69 Å². The lowest BCUT2D eigenvalue weighted by molar-refractivity contribution is -0.137. The van der Waals surface area contributed by atoms with E-state index in [0.717, 1.165) is 12.1 Å². The zero-order valence-electron chi connectivity index (χ0n) is 9.24. The number of alkyl halides is 3. The molecule has 0 aliphatic heterocycles. The van der Waals surface area contributed by atoms with Crippen LogP contribution in [0.5, 0.6) is 0 Å². The van der Waals surface area contributed by atoms with E-state index in [0.29, 0.717) is 11.1 Å². The first-order chi connectivity index (χ1) is 7.97. The Morgan fingerprint density at radius 2 is 1.44 bits per heavy atom. The standard InChI is InChI=1S/C13H10F3N.ClH/c14-13(15,16)11-6-10(7-12(17)8-11)9-4-2-1-3-5-9;/h1-8H,17H2;1H. The molecule has 2 N–H and O–H groups in total. The Bertz CT molecular complexity index is 524. The van der Waals surface area contributed by atoms with E-state index < -0.39 is 11.7 Å². The van der Waals surface area contributed by atoms with Crippen molar-refractivity contribution in [3.8, 4) is 11.1 Å². The Labute approximate surface area is 109 Å². The lowest BCUT2D eigenvalue weighted by atomic mass is 10.0. The zero-order valence-corrected chi connectivity index (χ0v) is 10.1. The summed E-state index contributed by atoms with van der Waals surface area (Å²) in [6, 6.07) is 12.4. The summed E-state index contributed by atoms with van der Waals surface area (Å²) < 4.78 is 37.8. The Hall–Kier alpha value is -1.68. The van der Waals surface area contributed by atoms with Crippen molar-refractivity contribution in [1.29, 1.82) is 0 Å². The average Bonchev–Trinajstić information content (AvgIpc) is 2.28. The van der Waals surface area contributed by atoms with Gasteiger partial charge in [-0.2, -0.15) is 13.2 Å². The number of rotatable bonds is 1. The van der Waals surface area contributed by atoms with E-state index in [4.69, 9.17) is 5.73 Å². The van der Waals surface area contributed by atoms with Gasteiger partial charge in [-0.25, -0.2) is 0 Å². The van der Waals surface area contributed by atoms with E-state index >= 15 is 0 Å². The van der Waals surface area contributed by atoms with E-state index in [9.17, 15) is 13.2 Å². The van der Waals surface area contributed by atoms with Crippen LogP contribution in [-0.4, -0.2) is 0 Å². The molecule has 0 unspecified atom stereocenters. The number of hydrogen-bond donors (Lipinski definition) is 1. The lowest BCUT2D eigenvalue weighted by Crippen LogP contribution is -2.06. The molecule has 96 valence electrons. The van der Waals surface area contributed by atoms with Crippen LogP contribution in [0.2, 0.25) is 0 Å². The molecule has 0 amide bonds. The lowest BCUT2D eigenvalue weighted by Gasteiger charge is -2.10. The fourth-order valence-corrected chi connectivity index (χ4v) is 1.61. The molecule has 0 spiro atoms.